The van der Waals surface area contributed by atoms with Crippen LogP contribution in [0.5, 0.6) is 0 Å². The molecule has 1 fully saturated rings. The smallest absolute Gasteiger partial charge is 0.400 e. The van der Waals surface area contributed by atoms with Crippen LogP contribution in [0.25, 0.3) is 0 Å². The predicted molar refractivity (Wildman–Crippen MR) is 93.8 cm³/mol. The third-order valence-corrected chi connectivity index (χ3v) is 5.67. The minimum atomic E-state index is -3.38. The van der Waals surface area contributed by atoms with Crippen molar-refractivity contribution < 1.29 is 17.7 Å². The van der Waals surface area contributed by atoms with Gasteiger partial charge in [-0.3, -0.25) is 9.73 Å². The number of hydrazone groups is 1. The maximum Gasteiger partial charge on any atom is 0.492 e. The molecule has 3 aliphatic rings. The molecular weight excluding hydrogens is 329 g/mol. The Balaban J connectivity index is 1.87. The lowest BCUT2D eigenvalue weighted by molar-refractivity contribution is 0.00578. The third kappa shape index (κ3) is 2.89. The summed E-state index contributed by atoms with van der Waals surface area (Å²) in [7, 11) is -2.04. The van der Waals surface area contributed by atoms with Gasteiger partial charge in [0.25, 0.3) is 0 Å². The van der Waals surface area contributed by atoms with E-state index in [0.29, 0.717) is 5.84 Å². The number of fused-ring (bicyclic) bond motifs is 1. The quantitative estimate of drug-likeness (QED) is 0.747. The first-order valence-electron chi connectivity index (χ1n) is 7.94. The van der Waals surface area contributed by atoms with Gasteiger partial charge in [0, 0.05) is 7.05 Å². The Kier molecular flexibility index (Phi) is 3.89. The van der Waals surface area contributed by atoms with E-state index in [4.69, 9.17) is 9.31 Å². The Morgan fingerprint density at radius 2 is 1.83 bits per heavy atom. The molecule has 2 heterocycles. The Labute approximate surface area is 144 Å². The highest BCUT2D eigenvalue weighted by molar-refractivity contribution is 7.89. The van der Waals surface area contributed by atoms with E-state index in [1.807, 2.05) is 53.0 Å². The van der Waals surface area contributed by atoms with E-state index < -0.39 is 28.3 Å². The highest BCUT2D eigenvalue weighted by Gasteiger charge is 2.55. The second-order valence-electron chi connectivity index (χ2n) is 7.54. The second kappa shape index (κ2) is 5.34. The van der Waals surface area contributed by atoms with Crippen molar-refractivity contribution in [3.63, 3.8) is 0 Å². The van der Waals surface area contributed by atoms with Crippen molar-refractivity contribution in [2.75, 3.05) is 13.3 Å². The summed E-state index contributed by atoms with van der Waals surface area (Å²) < 4.78 is 38.0. The van der Waals surface area contributed by atoms with Crippen molar-refractivity contribution in [3.05, 3.63) is 23.7 Å². The van der Waals surface area contributed by atoms with Crippen LogP contribution in [0.2, 0.25) is 0 Å². The van der Waals surface area contributed by atoms with E-state index in [-0.39, 0.29) is 12.0 Å². The van der Waals surface area contributed by atoms with Gasteiger partial charge in [-0.15, -0.1) is 0 Å². The molecule has 2 unspecified atom stereocenters. The average molecular weight is 353 g/mol. The zero-order valence-electron chi connectivity index (χ0n) is 14.9. The second-order valence-corrected chi connectivity index (χ2v) is 9.29. The minimum absolute atomic E-state index is 0.131. The van der Waals surface area contributed by atoms with Crippen LogP contribution in [0.3, 0.4) is 0 Å². The molecule has 0 saturated carbocycles. The summed E-state index contributed by atoms with van der Waals surface area (Å²) in [5.74, 6) is 0.243. The fraction of sp³-hybridized carbons (Fsp3) is 0.667. The number of nitrogens with zero attached hydrogens (tertiary/aromatic N) is 2. The number of amidine groups is 1. The van der Waals surface area contributed by atoms with Crippen LogP contribution in [0.1, 0.15) is 27.7 Å². The van der Waals surface area contributed by atoms with Crippen LogP contribution in [-0.2, 0) is 19.3 Å². The fourth-order valence-electron chi connectivity index (χ4n) is 3.16. The molecule has 1 aliphatic carbocycles. The number of hydrogen-bond acceptors (Lipinski definition) is 6. The first-order chi connectivity index (χ1) is 10.9. The van der Waals surface area contributed by atoms with Gasteiger partial charge < -0.3 is 9.31 Å². The zero-order chi connectivity index (χ0) is 17.9. The normalized spacial score (nSPS) is 30.9. The molecule has 0 aromatic carbocycles. The zero-order valence-corrected chi connectivity index (χ0v) is 15.7. The Hall–Kier alpha value is -1.32. The molecule has 2 aliphatic heterocycles. The third-order valence-electron chi connectivity index (χ3n) is 5.09. The van der Waals surface area contributed by atoms with Gasteiger partial charge in [-0.1, -0.05) is 18.2 Å². The molecule has 1 saturated heterocycles. The standard InChI is InChI=1S/C15H24BN3O4S/c1-14(2)15(3,4)23-16(22-14)11-9-7-8-10-12(11)19(5)17-13(10)18-24(6,20)21/h7-10,12H,1-6H3,(H,17,18). The molecule has 0 aromatic rings. The van der Waals surface area contributed by atoms with Gasteiger partial charge in [-0.25, -0.2) is 8.42 Å². The van der Waals surface area contributed by atoms with Gasteiger partial charge in [0.1, 0.15) is 5.84 Å². The van der Waals surface area contributed by atoms with Gasteiger partial charge in [0.05, 0.1) is 29.4 Å². The first-order valence-corrected chi connectivity index (χ1v) is 9.83. The van der Waals surface area contributed by atoms with Crippen LogP contribution in [0.15, 0.2) is 28.8 Å². The lowest BCUT2D eigenvalue weighted by Gasteiger charge is -2.32. The molecule has 0 amide bonds. The van der Waals surface area contributed by atoms with Crippen molar-refractivity contribution in [2.45, 2.75) is 44.9 Å². The minimum Gasteiger partial charge on any atom is -0.400 e. The molecule has 1 N–H and O–H groups in total. The molecule has 3 rings (SSSR count). The SMILES string of the molecule is CN1N=C(NS(C)(=O)=O)C2C=CC=C(B3OC(C)(C)C(C)(C)O3)C21. The molecule has 0 spiro atoms. The highest BCUT2D eigenvalue weighted by Crippen LogP contribution is 2.42. The van der Waals surface area contributed by atoms with Crippen molar-refractivity contribution in [2.24, 2.45) is 11.0 Å². The molecule has 7 nitrogen and oxygen atoms in total. The molecule has 9 heteroatoms. The molecule has 132 valence electrons. The topological polar surface area (TPSA) is 80.2 Å². The Morgan fingerprint density at radius 1 is 1.25 bits per heavy atom. The number of rotatable bonds is 2. The summed E-state index contributed by atoms with van der Waals surface area (Å²) in [5, 5.41) is 6.13. The van der Waals surface area contributed by atoms with E-state index >= 15 is 0 Å². The number of sulfonamides is 1. The Bertz CT molecular complexity index is 726. The van der Waals surface area contributed by atoms with Crippen LogP contribution in [0, 0.1) is 5.92 Å². The lowest BCUT2D eigenvalue weighted by Crippen LogP contribution is -2.43. The summed E-state index contributed by atoms with van der Waals surface area (Å²) >= 11 is 0. The van der Waals surface area contributed by atoms with Crippen LogP contribution >= 0.6 is 0 Å². The van der Waals surface area contributed by atoms with E-state index in [1.165, 1.54) is 0 Å². The Morgan fingerprint density at radius 3 is 2.38 bits per heavy atom. The summed E-state index contributed by atoms with van der Waals surface area (Å²) in [5.41, 5.74) is 0.0833. The van der Waals surface area contributed by atoms with E-state index in [2.05, 4.69) is 9.82 Å². The van der Waals surface area contributed by atoms with E-state index in [0.717, 1.165) is 11.7 Å². The van der Waals surface area contributed by atoms with Crippen molar-refractivity contribution in [1.29, 1.82) is 0 Å². The van der Waals surface area contributed by atoms with Gasteiger partial charge >= 0.3 is 7.12 Å². The monoisotopic (exact) mass is 353 g/mol. The summed E-state index contributed by atoms with van der Waals surface area (Å²) in [4.78, 5) is 0. The summed E-state index contributed by atoms with van der Waals surface area (Å²) in [6, 6.07) is -0.131. The van der Waals surface area contributed by atoms with E-state index in [9.17, 15) is 8.42 Å². The molecule has 24 heavy (non-hydrogen) atoms. The molecular formula is C15H24BN3O4S. The maximum absolute atomic E-state index is 11.6. The molecule has 2 atom stereocenters. The highest BCUT2D eigenvalue weighted by atomic mass is 32.2. The molecule has 0 bridgehead atoms. The van der Waals surface area contributed by atoms with Gasteiger partial charge in [0.2, 0.25) is 10.0 Å². The van der Waals surface area contributed by atoms with Crippen molar-refractivity contribution in [3.8, 4) is 0 Å². The number of likely N-dealkylation sites (N-methyl/N-ethyl adjacent to an activating group) is 1. The number of hydrogen-bond donors (Lipinski definition) is 1. The molecule has 0 radical (unpaired) electrons. The van der Waals surface area contributed by atoms with E-state index in [1.54, 1.807) is 5.01 Å². The van der Waals surface area contributed by atoms with Crippen molar-refractivity contribution >= 4 is 23.0 Å². The average Bonchev–Trinajstić information content (AvgIpc) is 2.83. The first kappa shape index (κ1) is 17.5. The van der Waals surface area contributed by atoms with Crippen molar-refractivity contribution in [1.82, 2.24) is 9.73 Å². The summed E-state index contributed by atoms with van der Waals surface area (Å²) in [6.45, 7) is 8.04. The van der Waals surface area contributed by atoms with Gasteiger partial charge in [-0.2, -0.15) is 5.10 Å². The molecule has 0 aromatic heterocycles. The van der Waals surface area contributed by atoms with Gasteiger partial charge in [-0.05, 0) is 33.2 Å². The summed E-state index contributed by atoms with van der Waals surface area (Å²) in [6.07, 6.45) is 6.94. The number of allylic oxidation sites excluding steroid dienone is 2. The maximum atomic E-state index is 11.6. The largest absolute Gasteiger partial charge is 0.492 e. The van der Waals surface area contributed by atoms with Crippen LogP contribution < -0.4 is 4.72 Å². The van der Waals surface area contributed by atoms with Crippen LogP contribution in [-0.4, -0.2) is 56.9 Å². The number of nitrogens with one attached hydrogen (secondary N) is 1. The fourth-order valence-corrected chi connectivity index (χ4v) is 3.72. The van der Waals surface area contributed by atoms with Crippen LogP contribution in [0.4, 0.5) is 0 Å². The van der Waals surface area contributed by atoms with Gasteiger partial charge in [0.15, 0.2) is 0 Å². The lowest BCUT2D eigenvalue weighted by atomic mass is 9.68. The predicted octanol–water partition coefficient (Wildman–Crippen LogP) is 0.907.